The summed E-state index contributed by atoms with van der Waals surface area (Å²) >= 11 is 0. The number of likely N-dealkylation sites (tertiary alicyclic amines) is 1. The summed E-state index contributed by atoms with van der Waals surface area (Å²) < 4.78 is 0. The predicted octanol–water partition coefficient (Wildman–Crippen LogP) is 2.37. The summed E-state index contributed by atoms with van der Waals surface area (Å²) in [5, 5.41) is 3.58. The fourth-order valence-corrected chi connectivity index (χ4v) is 3.24. The summed E-state index contributed by atoms with van der Waals surface area (Å²) in [6.07, 6.45) is 5.21. The van der Waals surface area contributed by atoms with Crippen LogP contribution in [0.3, 0.4) is 0 Å². The number of aryl methyl sites for hydroxylation is 1. The number of anilines is 2. The lowest BCUT2D eigenvalue weighted by Crippen LogP contribution is -2.43. The first-order valence-corrected chi connectivity index (χ1v) is 9.02. The minimum absolute atomic E-state index is 0.434. The van der Waals surface area contributed by atoms with Crippen LogP contribution in [0.5, 0.6) is 0 Å². The summed E-state index contributed by atoms with van der Waals surface area (Å²) in [4.78, 5) is 17.9. The van der Waals surface area contributed by atoms with E-state index >= 15 is 0 Å². The zero-order valence-electron chi connectivity index (χ0n) is 15.4. The van der Waals surface area contributed by atoms with Crippen molar-refractivity contribution in [3.63, 3.8) is 0 Å². The molecule has 6 heteroatoms. The van der Waals surface area contributed by atoms with Gasteiger partial charge in [-0.3, -0.25) is 4.98 Å². The van der Waals surface area contributed by atoms with E-state index in [1.54, 1.807) is 0 Å². The molecule has 0 amide bonds. The maximum absolute atomic E-state index is 4.61. The van der Waals surface area contributed by atoms with Gasteiger partial charge in [0.15, 0.2) is 0 Å². The Morgan fingerprint density at radius 2 is 2.12 bits per heavy atom. The second-order valence-electron chi connectivity index (χ2n) is 6.94. The number of piperidine rings is 1. The molecule has 2 aromatic rings. The molecule has 1 aliphatic rings. The number of nitrogens with one attached hydrogen (secondary N) is 1. The molecule has 0 radical (unpaired) electrons. The summed E-state index contributed by atoms with van der Waals surface area (Å²) in [6.45, 7) is 5.32. The normalized spacial score (nSPS) is 18.1. The van der Waals surface area contributed by atoms with Crippen molar-refractivity contribution >= 4 is 11.8 Å². The second kappa shape index (κ2) is 8.25. The third kappa shape index (κ3) is 5.13. The fourth-order valence-electron chi connectivity index (χ4n) is 3.24. The van der Waals surface area contributed by atoms with Crippen molar-refractivity contribution in [1.29, 1.82) is 0 Å². The first-order valence-electron chi connectivity index (χ1n) is 9.02. The molecule has 1 atom stereocenters. The van der Waals surface area contributed by atoms with Crippen LogP contribution in [0, 0.1) is 6.92 Å². The van der Waals surface area contributed by atoms with Crippen molar-refractivity contribution < 1.29 is 0 Å². The highest BCUT2D eigenvalue weighted by Gasteiger charge is 2.20. The Hall–Kier alpha value is -2.21. The molecule has 0 bridgehead atoms. The van der Waals surface area contributed by atoms with E-state index < -0.39 is 0 Å². The maximum Gasteiger partial charge on any atom is 0.226 e. The molecule has 1 N–H and O–H groups in total. The van der Waals surface area contributed by atoms with E-state index in [0.717, 1.165) is 43.5 Å². The van der Waals surface area contributed by atoms with E-state index in [0.29, 0.717) is 6.04 Å². The minimum atomic E-state index is 0.434. The molecule has 1 unspecified atom stereocenters. The highest BCUT2D eigenvalue weighted by Crippen LogP contribution is 2.16. The van der Waals surface area contributed by atoms with Gasteiger partial charge in [-0.25, -0.2) is 4.98 Å². The third-order valence-electron chi connectivity index (χ3n) is 4.53. The molecule has 2 aromatic heterocycles. The zero-order valence-corrected chi connectivity index (χ0v) is 15.4. The molecule has 6 nitrogen and oxygen atoms in total. The highest BCUT2D eigenvalue weighted by molar-refractivity contribution is 5.41. The number of aromatic nitrogens is 3. The van der Waals surface area contributed by atoms with Crippen molar-refractivity contribution in [2.75, 3.05) is 43.9 Å². The quantitative estimate of drug-likeness (QED) is 0.871. The highest BCUT2D eigenvalue weighted by atomic mass is 15.2. The van der Waals surface area contributed by atoms with Gasteiger partial charge in [0.25, 0.3) is 0 Å². The fraction of sp³-hybridized carbons (Fsp3) is 0.526. The molecular weight excluding hydrogens is 312 g/mol. The standard InChI is InChI=1S/C19H28N6/c1-15-6-4-7-16(21-15)10-13-25-12-5-8-17(14-25)22-18-9-11-20-19(23-18)24(2)3/h4,6-7,9,11,17H,5,8,10,12-14H2,1-3H3,(H,20,22,23). The third-order valence-corrected chi connectivity index (χ3v) is 4.53. The van der Waals surface area contributed by atoms with Crippen LogP contribution in [0.1, 0.15) is 24.2 Å². The largest absolute Gasteiger partial charge is 0.366 e. The molecule has 0 spiro atoms. The van der Waals surface area contributed by atoms with Gasteiger partial charge in [-0.2, -0.15) is 4.98 Å². The predicted molar refractivity (Wildman–Crippen MR) is 102 cm³/mol. The van der Waals surface area contributed by atoms with Gasteiger partial charge in [0.05, 0.1) is 0 Å². The molecule has 0 aliphatic carbocycles. The first-order chi connectivity index (χ1) is 12.1. The van der Waals surface area contributed by atoms with Crippen molar-refractivity contribution in [1.82, 2.24) is 19.9 Å². The van der Waals surface area contributed by atoms with Crippen LogP contribution in [0.2, 0.25) is 0 Å². The average Bonchev–Trinajstić information content (AvgIpc) is 2.61. The monoisotopic (exact) mass is 340 g/mol. The number of hydrogen-bond acceptors (Lipinski definition) is 6. The van der Waals surface area contributed by atoms with Gasteiger partial charge in [-0.15, -0.1) is 0 Å². The molecule has 0 saturated carbocycles. The Bertz CT molecular complexity index is 687. The van der Waals surface area contributed by atoms with Gasteiger partial charge in [-0.05, 0) is 44.5 Å². The van der Waals surface area contributed by atoms with E-state index in [4.69, 9.17) is 0 Å². The van der Waals surface area contributed by atoms with Crippen molar-refractivity contribution in [3.8, 4) is 0 Å². The second-order valence-corrected chi connectivity index (χ2v) is 6.94. The van der Waals surface area contributed by atoms with Crippen molar-refractivity contribution in [2.24, 2.45) is 0 Å². The Morgan fingerprint density at radius 3 is 2.92 bits per heavy atom. The molecule has 25 heavy (non-hydrogen) atoms. The van der Waals surface area contributed by atoms with Gasteiger partial charge in [0, 0.05) is 57.2 Å². The van der Waals surface area contributed by atoms with Crippen LogP contribution in [-0.4, -0.2) is 59.6 Å². The Labute approximate surface area is 150 Å². The lowest BCUT2D eigenvalue weighted by molar-refractivity contribution is 0.218. The van der Waals surface area contributed by atoms with Crippen molar-refractivity contribution in [3.05, 3.63) is 41.9 Å². The van der Waals surface area contributed by atoms with Crippen LogP contribution in [0.25, 0.3) is 0 Å². The van der Waals surface area contributed by atoms with E-state index in [2.05, 4.69) is 37.3 Å². The van der Waals surface area contributed by atoms with Gasteiger partial charge in [0.2, 0.25) is 5.95 Å². The molecule has 1 fully saturated rings. The average molecular weight is 340 g/mol. The Morgan fingerprint density at radius 1 is 1.24 bits per heavy atom. The molecule has 0 aromatic carbocycles. The SMILES string of the molecule is Cc1cccc(CCN2CCCC(Nc3ccnc(N(C)C)n3)C2)n1. The molecule has 1 saturated heterocycles. The number of rotatable bonds is 6. The summed E-state index contributed by atoms with van der Waals surface area (Å²) in [5.74, 6) is 1.65. The Balaban J connectivity index is 1.53. The molecule has 3 heterocycles. The van der Waals surface area contributed by atoms with Crippen LogP contribution in [0.15, 0.2) is 30.5 Å². The lowest BCUT2D eigenvalue weighted by atomic mass is 10.1. The van der Waals surface area contributed by atoms with E-state index in [1.807, 2.05) is 44.2 Å². The van der Waals surface area contributed by atoms with Crippen LogP contribution >= 0.6 is 0 Å². The summed E-state index contributed by atoms with van der Waals surface area (Å²) in [6, 6.07) is 8.65. The van der Waals surface area contributed by atoms with E-state index in [1.165, 1.54) is 18.5 Å². The first kappa shape index (κ1) is 17.6. The maximum atomic E-state index is 4.61. The molecule has 1 aliphatic heterocycles. The van der Waals surface area contributed by atoms with Crippen LogP contribution in [0.4, 0.5) is 11.8 Å². The van der Waals surface area contributed by atoms with Gasteiger partial charge in [0.1, 0.15) is 5.82 Å². The topological polar surface area (TPSA) is 57.2 Å². The number of hydrogen-bond donors (Lipinski definition) is 1. The smallest absolute Gasteiger partial charge is 0.226 e. The van der Waals surface area contributed by atoms with Gasteiger partial charge in [-0.1, -0.05) is 6.07 Å². The van der Waals surface area contributed by atoms with Crippen LogP contribution in [-0.2, 0) is 6.42 Å². The number of pyridine rings is 1. The Kier molecular flexibility index (Phi) is 5.81. The van der Waals surface area contributed by atoms with Crippen LogP contribution < -0.4 is 10.2 Å². The summed E-state index contributed by atoms with van der Waals surface area (Å²) in [7, 11) is 3.92. The van der Waals surface area contributed by atoms with E-state index in [-0.39, 0.29) is 0 Å². The molecule has 3 rings (SSSR count). The van der Waals surface area contributed by atoms with Gasteiger partial charge >= 0.3 is 0 Å². The van der Waals surface area contributed by atoms with Crippen molar-refractivity contribution in [2.45, 2.75) is 32.2 Å². The minimum Gasteiger partial charge on any atom is -0.366 e. The number of nitrogens with zero attached hydrogens (tertiary/aromatic N) is 5. The summed E-state index contributed by atoms with van der Waals surface area (Å²) in [5.41, 5.74) is 2.28. The zero-order chi connectivity index (χ0) is 17.6. The van der Waals surface area contributed by atoms with E-state index in [9.17, 15) is 0 Å². The molecular formula is C19H28N6. The lowest BCUT2D eigenvalue weighted by Gasteiger charge is -2.33. The van der Waals surface area contributed by atoms with Gasteiger partial charge < -0.3 is 15.1 Å². The molecule has 134 valence electrons.